The SMILES string of the molecule is CNC(c1cc(Cl)c(Br)s1)C1(C)CCCC1. The lowest BCUT2D eigenvalue weighted by atomic mass is 9.80. The molecule has 0 aromatic carbocycles. The fourth-order valence-electron chi connectivity index (χ4n) is 2.81. The molecule has 1 N–H and O–H groups in total. The van der Waals surface area contributed by atoms with E-state index in [1.54, 1.807) is 11.3 Å². The lowest BCUT2D eigenvalue weighted by Gasteiger charge is -2.33. The summed E-state index contributed by atoms with van der Waals surface area (Å²) >= 11 is 11.4. The van der Waals surface area contributed by atoms with E-state index >= 15 is 0 Å². The molecule has 0 spiro atoms. The topological polar surface area (TPSA) is 12.0 Å². The fraction of sp³-hybridized carbons (Fsp3) is 0.667. The predicted octanol–water partition coefficient (Wildman–Crippen LogP) is 5.00. The van der Waals surface area contributed by atoms with Crippen molar-refractivity contribution >= 4 is 38.9 Å². The molecule has 4 heteroatoms. The first-order valence-electron chi connectivity index (χ1n) is 5.69. The quantitative estimate of drug-likeness (QED) is 0.825. The van der Waals surface area contributed by atoms with Crippen molar-refractivity contribution in [2.24, 2.45) is 5.41 Å². The van der Waals surface area contributed by atoms with Gasteiger partial charge in [-0.2, -0.15) is 0 Å². The number of halogens is 2. The Labute approximate surface area is 115 Å². The van der Waals surface area contributed by atoms with Gasteiger partial charge in [0.15, 0.2) is 0 Å². The van der Waals surface area contributed by atoms with E-state index in [0.29, 0.717) is 11.5 Å². The molecule has 1 fully saturated rings. The molecule has 0 amide bonds. The van der Waals surface area contributed by atoms with Crippen molar-refractivity contribution in [1.29, 1.82) is 0 Å². The van der Waals surface area contributed by atoms with Crippen LogP contribution in [-0.2, 0) is 0 Å². The van der Waals surface area contributed by atoms with Crippen LogP contribution in [0, 0.1) is 5.41 Å². The second kappa shape index (κ2) is 4.97. The zero-order valence-corrected chi connectivity index (χ0v) is 12.8. The molecule has 1 aliphatic carbocycles. The van der Waals surface area contributed by atoms with Crippen LogP contribution in [0.5, 0.6) is 0 Å². The molecule has 0 radical (unpaired) electrons. The Morgan fingerprint density at radius 3 is 2.56 bits per heavy atom. The van der Waals surface area contributed by atoms with Gasteiger partial charge < -0.3 is 5.32 Å². The molecule has 0 saturated heterocycles. The van der Waals surface area contributed by atoms with E-state index < -0.39 is 0 Å². The highest BCUT2D eigenvalue weighted by atomic mass is 79.9. The van der Waals surface area contributed by atoms with Crippen LogP contribution in [0.3, 0.4) is 0 Å². The minimum absolute atomic E-state index is 0.391. The summed E-state index contributed by atoms with van der Waals surface area (Å²) in [5.74, 6) is 0. The molecule has 1 heterocycles. The van der Waals surface area contributed by atoms with Gasteiger partial charge in [-0.25, -0.2) is 0 Å². The van der Waals surface area contributed by atoms with Gasteiger partial charge in [-0.3, -0.25) is 0 Å². The molecule has 1 nitrogen and oxygen atoms in total. The molecule has 1 atom stereocenters. The van der Waals surface area contributed by atoms with Crippen LogP contribution in [0.25, 0.3) is 0 Å². The van der Waals surface area contributed by atoms with E-state index in [1.807, 2.05) is 0 Å². The first kappa shape index (κ1) is 12.9. The Morgan fingerprint density at radius 2 is 2.12 bits per heavy atom. The van der Waals surface area contributed by atoms with Crippen molar-refractivity contribution in [3.63, 3.8) is 0 Å². The monoisotopic (exact) mass is 321 g/mol. The molecular weight excluding hydrogens is 306 g/mol. The van der Waals surface area contributed by atoms with Crippen molar-refractivity contribution in [3.8, 4) is 0 Å². The highest BCUT2D eigenvalue weighted by molar-refractivity contribution is 9.11. The Hall–Kier alpha value is 0.430. The van der Waals surface area contributed by atoms with E-state index in [1.165, 1.54) is 30.6 Å². The molecule has 1 aromatic rings. The first-order valence-corrected chi connectivity index (χ1v) is 7.67. The van der Waals surface area contributed by atoms with Gasteiger partial charge in [-0.1, -0.05) is 31.4 Å². The highest BCUT2D eigenvalue weighted by Crippen LogP contribution is 2.49. The van der Waals surface area contributed by atoms with Crippen LogP contribution in [0.1, 0.15) is 43.5 Å². The van der Waals surface area contributed by atoms with Gasteiger partial charge in [-0.15, -0.1) is 11.3 Å². The summed E-state index contributed by atoms with van der Waals surface area (Å²) in [5, 5.41) is 4.31. The number of nitrogens with one attached hydrogen (secondary N) is 1. The van der Waals surface area contributed by atoms with Gasteiger partial charge in [0, 0.05) is 10.9 Å². The predicted molar refractivity (Wildman–Crippen MR) is 75.4 cm³/mol. The van der Waals surface area contributed by atoms with E-state index in [9.17, 15) is 0 Å². The van der Waals surface area contributed by atoms with Gasteiger partial charge in [-0.05, 0) is 47.3 Å². The normalized spacial score (nSPS) is 21.2. The minimum atomic E-state index is 0.391. The first-order chi connectivity index (χ1) is 7.57. The molecule has 0 bridgehead atoms. The minimum Gasteiger partial charge on any atom is -0.312 e. The average molecular weight is 323 g/mol. The van der Waals surface area contributed by atoms with E-state index in [-0.39, 0.29) is 0 Å². The van der Waals surface area contributed by atoms with Gasteiger partial charge in [0.2, 0.25) is 0 Å². The molecule has 1 saturated carbocycles. The Balaban J connectivity index is 2.28. The van der Waals surface area contributed by atoms with Gasteiger partial charge in [0.05, 0.1) is 8.81 Å². The van der Waals surface area contributed by atoms with Crippen LogP contribution in [0.15, 0.2) is 9.85 Å². The fourth-order valence-corrected chi connectivity index (χ4v) is 4.84. The highest BCUT2D eigenvalue weighted by Gasteiger charge is 2.37. The van der Waals surface area contributed by atoms with Crippen LogP contribution >= 0.6 is 38.9 Å². The smallest absolute Gasteiger partial charge is 0.0888 e. The summed E-state index contributed by atoms with van der Waals surface area (Å²) in [4.78, 5) is 1.35. The van der Waals surface area contributed by atoms with Crippen LogP contribution in [0.4, 0.5) is 0 Å². The Kier molecular flexibility index (Phi) is 4.00. The molecule has 90 valence electrons. The number of rotatable bonds is 3. The summed E-state index contributed by atoms with van der Waals surface area (Å²) in [6.45, 7) is 2.39. The maximum Gasteiger partial charge on any atom is 0.0888 e. The standard InChI is InChI=1S/C12H17BrClNS/c1-12(5-3-4-6-12)10(15-2)9-7-8(14)11(13)16-9/h7,10,15H,3-6H2,1-2H3. The van der Waals surface area contributed by atoms with Crippen LogP contribution in [0.2, 0.25) is 5.02 Å². The zero-order chi connectivity index (χ0) is 11.8. The van der Waals surface area contributed by atoms with E-state index in [4.69, 9.17) is 11.6 Å². The van der Waals surface area contributed by atoms with Crippen molar-refractivity contribution in [2.75, 3.05) is 7.05 Å². The zero-order valence-electron chi connectivity index (χ0n) is 9.65. The van der Waals surface area contributed by atoms with Crippen molar-refractivity contribution in [3.05, 3.63) is 19.8 Å². The average Bonchev–Trinajstić information content (AvgIpc) is 2.77. The Bertz CT molecular complexity index is 352. The lowest BCUT2D eigenvalue weighted by molar-refractivity contribution is 0.237. The molecule has 2 rings (SSSR count). The molecule has 16 heavy (non-hydrogen) atoms. The summed E-state index contributed by atoms with van der Waals surface area (Å²) in [7, 11) is 2.05. The summed E-state index contributed by atoms with van der Waals surface area (Å²) in [6.07, 6.45) is 5.33. The van der Waals surface area contributed by atoms with E-state index in [0.717, 1.165) is 8.81 Å². The summed E-state index contributed by atoms with van der Waals surface area (Å²) in [6, 6.07) is 2.53. The maximum atomic E-state index is 6.12. The number of hydrogen-bond acceptors (Lipinski definition) is 2. The lowest BCUT2D eigenvalue weighted by Crippen LogP contribution is -2.31. The third-order valence-corrected chi connectivity index (χ3v) is 6.22. The van der Waals surface area contributed by atoms with Crippen LogP contribution in [-0.4, -0.2) is 7.05 Å². The molecule has 1 aliphatic rings. The third kappa shape index (κ3) is 2.33. The Morgan fingerprint density at radius 1 is 1.50 bits per heavy atom. The summed E-state index contributed by atoms with van der Waals surface area (Å²) in [5.41, 5.74) is 0.391. The van der Waals surface area contributed by atoms with Crippen molar-refractivity contribution in [1.82, 2.24) is 5.32 Å². The third-order valence-electron chi connectivity index (χ3n) is 3.68. The van der Waals surface area contributed by atoms with Crippen molar-refractivity contribution < 1.29 is 0 Å². The van der Waals surface area contributed by atoms with Gasteiger partial charge >= 0.3 is 0 Å². The second-order valence-electron chi connectivity index (χ2n) is 4.85. The van der Waals surface area contributed by atoms with Gasteiger partial charge in [0.1, 0.15) is 0 Å². The molecular formula is C12H17BrClNS. The molecule has 1 aromatic heterocycles. The number of thiophene rings is 1. The molecule has 1 unspecified atom stereocenters. The maximum absolute atomic E-state index is 6.12. The summed E-state index contributed by atoms with van der Waals surface area (Å²) < 4.78 is 1.05. The number of hydrogen-bond donors (Lipinski definition) is 1. The largest absolute Gasteiger partial charge is 0.312 e. The second-order valence-corrected chi connectivity index (χ2v) is 7.66. The molecule has 0 aliphatic heterocycles. The van der Waals surface area contributed by atoms with Gasteiger partial charge in [0.25, 0.3) is 0 Å². The van der Waals surface area contributed by atoms with Crippen molar-refractivity contribution in [2.45, 2.75) is 38.6 Å². The van der Waals surface area contributed by atoms with E-state index in [2.05, 4.69) is 41.3 Å². The van der Waals surface area contributed by atoms with Crippen LogP contribution < -0.4 is 5.32 Å².